The molecule has 0 spiro atoms. The van der Waals surface area contributed by atoms with Crippen molar-refractivity contribution in [2.24, 2.45) is 0 Å². The van der Waals surface area contributed by atoms with Gasteiger partial charge in [-0.2, -0.15) is 0 Å². The molecule has 0 amide bonds. The van der Waals surface area contributed by atoms with Crippen LogP contribution in [-0.4, -0.2) is 26.9 Å². The lowest BCUT2D eigenvalue weighted by atomic mass is 9.95. The summed E-state index contributed by atoms with van der Waals surface area (Å²) in [6.45, 7) is 0. The summed E-state index contributed by atoms with van der Waals surface area (Å²) in [5, 5.41) is 30.0. The van der Waals surface area contributed by atoms with Crippen LogP contribution in [0, 0.1) is 0 Å². The smallest absolute Gasteiger partial charge is 0.201 e. The van der Waals surface area contributed by atoms with E-state index in [0.29, 0.717) is 0 Å². The highest BCUT2D eigenvalue weighted by molar-refractivity contribution is 6.16. The highest BCUT2D eigenvalue weighted by atomic mass is 16.3. The molecule has 5 nitrogen and oxygen atoms in total. The highest BCUT2D eigenvalue weighted by Gasteiger charge is 2.25. The molecule has 0 aliphatic rings. The topological polar surface area (TPSA) is 94.8 Å². The van der Waals surface area contributed by atoms with E-state index in [4.69, 9.17) is 0 Å². The Labute approximate surface area is 143 Å². The summed E-state index contributed by atoms with van der Waals surface area (Å²) in [6.07, 6.45) is 0. The number of hydrogen-bond donors (Lipinski definition) is 3. The van der Waals surface area contributed by atoms with E-state index in [2.05, 4.69) is 0 Å². The first-order valence-electron chi connectivity index (χ1n) is 7.48. The Balaban J connectivity index is 2.14. The molecule has 124 valence electrons. The van der Waals surface area contributed by atoms with E-state index in [1.165, 1.54) is 0 Å². The third kappa shape index (κ3) is 2.95. The van der Waals surface area contributed by atoms with Gasteiger partial charge in [-0.05, 0) is 6.07 Å². The van der Waals surface area contributed by atoms with E-state index in [9.17, 15) is 24.9 Å². The van der Waals surface area contributed by atoms with Crippen LogP contribution in [-0.2, 0) is 0 Å². The van der Waals surface area contributed by atoms with Crippen molar-refractivity contribution < 1.29 is 24.9 Å². The largest absolute Gasteiger partial charge is 0.504 e. The predicted octanol–water partition coefficient (Wildman–Crippen LogP) is 3.27. The van der Waals surface area contributed by atoms with Crippen LogP contribution in [0.2, 0.25) is 0 Å². The quantitative estimate of drug-likeness (QED) is 0.503. The van der Waals surface area contributed by atoms with E-state index in [1.807, 2.05) is 0 Å². The van der Waals surface area contributed by atoms with Gasteiger partial charge in [-0.3, -0.25) is 9.59 Å². The second-order valence-corrected chi connectivity index (χ2v) is 5.41. The van der Waals surface area contributed by atoms with Crippen LogP contribution < -0.4 is 0 Å². The Morgan fingerprint density at radius 2 is 0.920 bits per heavy atom. The minimum Gasteiger partial charge on any atom is -0.504 e. The lowest BCUT2D eigenvalue weighted by Gasteiger charge is -2.11. The molecule has 0 aromatic heterocycles. The molecular weight excluding hydrogens is 320 g/mol. The maximum Gasteiger partial charge on any atom is 0.201 e. The number of benzene rings is 3. The summed E-state index contributed by atoms with van der Waals surface area (Å²) in [7, 11) is 0. The van der Waals surface area contributed by atoms with Gasteiger partial charge < -0.3 is 15.3 Å². The van der Waals surface area contributed by atoms with E-state index < -0.39 is 28.8 Å². The minimum atomic E-state index is -0.902. The van der Waals surface area contributed by atoms with Crippen LogP contribution in [0.4, 0.5) is 0 Å². The third-order valence-electron chi connectivity index (χ3n) is 3.81. The molecule has 0 unspecified atom stereocenters. The third-order valence-corrected chi connectivity index (χ3v) is 3.81. The summed E-state index contributed by atoms with van der Waals surface area (Å²) in [5.41, 5.74) is 0.0311. The standard InChI is InChI=1S/C20H14O5/c21-16(12-7-3-1-4-8-12)14-11-15(19(24)20(25)18(14)23)17(22)13-9-5-2-6-10-13/h1-11,23-25H. The second-order valence-electron chi connectivity index (χ2n) is 5.41. The number of carbonyl (C=O) groups excluding carboxylic acids is 2. The predicted molar refractivity (Wildman–Crippen MR) is 91.2 cm³/mol. The van der Waals surface area contributed by atoms with Gasteiger partial charge in [0.25, 0.3) is 0 Å². The van der Waals surface area contributed by atoms with Crippen LogP contribution in [0.25, 0.3) is 0 Å². The minimum absolute atomic E-state index is 0.263. The molecule has 0 fully saturated rings. The average Bonchev–Trinajstić information content (AvgIpc) is 2.67. The Hall–Kier alpha value is -3.60. The number of hydrogen-bond acceptors (Lipinski definition) is 5. The van der Waals surface area contributed by atoms with E-state index in [0.717, 1.165) is 6.07 Å². The fraction of sp³-hybridized carbons (Fsp3) is 0. The zero-order chi connectivity index (χ0) is 18.0. The summed E-state index contributed by atoms with van der Waals surface area (Å²) in [5.74, 6) is -3.58. The molecule has 0 aliphatic heterocycles. The van der Waals surface area contributed by atoms with Crippen LogP contribution in [0.15, 0.2) is 66.7 Å². The second kappa shape index (κ2) is 6.49. The van der Waals surface area contributed by atoms with E-state index >= 15 is 0 Å². The molecule has 3 N–H and O–H groups in total. The van der Waals surface area contributed by atoms with Crippen molar-refractivity contribution in [1.29, 1.82) is 0 Å². The first-order valence-corrected chi connectivity index (χ1v) is 7.48. The molecular formula is C20H14O5. The first kappa shape index (κ1) is 16.3. The summed E-state index contributed by atoms with van der Waals surface area (Å²) in [4.78, 5) is 25.2. The Morgan fingerprint density at radius 1 is 0.560 bits per heavy atom. The first-order chi connectivity index (χ1) is 12.0. The number of rotatable bonds is 4. The lowest BCUT2D eigenvalue weighted by Crippen LogP contribution is -2.07. The van der Waals surface area contributed by atoms with Crippen molar-refractivity contribution in [1.82, 2.24) is 0 Å². The van der Waals surface area contributed by atoms with E-state index in [-0.39, 0.29) is 22.3 Å². The molecule has 0 bridgehead atoms. The maximum absolute atomic E-state index is 12.6. The van der Waals surface area contributed by atoms with Gasteiger partial charge in [0, 0.05) is 11.1 Å². The van der Waals surface area contributed by atoms with E-state index in [1.54, 1.807) is 60.7 Å². The van der Waals surface area contributed by atoms with Crippen LogP contribution in [0.3, 0.4) is 0 Å². The van der Waals surface area contributed by atoms with Crippen molar-refractivity contribution in [3.8, 4) is 17.2 Å². The molecule has 0 radical (unpaired) electrons. The summed E-state index contributed by atoms with van der Waals surface area (Å²) >= 11 is 0. The molecule has 25 heavy (non-hydrogen) atoms. The summed E-state index contributed by atoms with van der Waals surface area (Å²) < 4.78 is 0. The molecule has 0 aliphatic carbocycles. The van der Waals surface area contributed by atoms with Crippen molar-refractivity contribution in [2.45, 2.75) is 0 Å². The molecule has 0 saturated heterocycles. The van der Waals surface area contributed by atoms with Gasteiger partial charge in [0.1, 0.15) is 0 Å². The fourth-order valence-corrected chi connectivity index (χ4v) is 2.48. The number of carbonyl (C=O) groups is 2. The highest BCUT2D eigenvalue weighted by Crippen LogP contribution is 2.41. The number of ketones is 2. The molecule has 0 saturated carbocycles. The van der Waals surface area contributed by atoms with Crippen molar-refractivity contribution in [3.05, 3.63) is 89.0 Å². The number of phenolic OH excluding ortho intramolecular Hbond substituents is 3. The Bertz CT molecular complexity index is 871. The van der Waals surface area contributed by atoms with Crippen molar-refractivity contribution >= 4 is 11.6 Å². The number of phenols is 3. The average molecular weight is 334 g/mol. The number of aromatic hydroxyl groups is 3. The summed E-state index contributed by atoms with van der Waals surface area (Å²) in [6, 6.07) is 17.4. The Kier molecular flexibility index (Phi) is 4.22. The van der Waals surface area contributed by atoms with Gasteiger partial charge in [0.15, 0.2) is 23.1 Å². The molecule has 0 heterocycles. The van der Waals surface area contributed by atoms with Gasteiger partial charge in [-0.1, -0.05) is 60.7 Å². The van der Waals surface area contributed by atoms with Gasteiger partial charge in [0.05, 0.1) is 11.1 Å². The Morgan fingerprint density at radius 3 is 1.28 bits per heavy atom. The van der Waals surface area contributed by atoms with Gasteiger partial charge in [0.2, 0.25) is 5.75 Å². The molecule has 3 aromatic carbocycles. The normalized spacial score (nSPS) is 10.4. The fourth-order valence-electron chi connectivity index (χ4n) is 2.48. The van der Waals surface area contributed by atoms with Gasteiger partial charge >= 0.3 is 0 Å². The van der Waals surface area contributed by atoms with Crippen molar-refractivity contribution in [3.63, 3.8) is 0 Å². The lowest BCUT2D eigenvalue weighted by molar-refractivity contribution is 0.103. The van der Waals surface area contributed by atoms with Crippen molar-refractivity contribution in [2.75, 3.05) is 0 Å². The molecule has 3 aromatic rings. The maximum atomic E-state index is 12.6. The molecule has 0 atom stereocenters. The molecule has 3 rings (SSSR count). The SMILES string of the molecule is O=C(c1ccccc1)c1cc(C(=O)c2ccccc2)c(O)c(O)c1O. The zero-order valence-corrected chi connectivity index (χ0v) is 13.0. The monoisotopic (exact) mass is 334 g/mol. The van der Waals surface area contributed by atoms with Crippen LogP contribution >= 0.6 is 0 Å². The van der Waals surface area contributed by atoms with Gasteiger partial charge in [-0.25, -0.2) is 0 Å². The van der Waals surface area contributed by atoms with Gasteiger partial charge in [-0.15, -0.1) is 0 Å². The van der Waals surface area contributed by atoms with Crippen LogP contribution in [0.1, 0.15) is 31.8 Å². The van der Waals surface area contributed by atoms with Crippen LogP contribution in [0.5, 0.6) is 17.2 Å². The zero-order valence-electron chi connectivity index (χ0n) is 13.0. The molecule has 5 heteroatoms.